The second-order valence-corrected chi connectivity index (χ2v) is 7.42. The van der Waals surface area contributed by atoms with E-state index in [0.717, 1.165) is 54.6 Å². The molecule has 7 heteroatoms. The molecule has 0 amide bonds. The molecule has 1 aliphatic heterocycles. The number of imidazole rings is 1. The van der Waals surface area contributed by atoms with Crippen LogP contribution in [0.4, 0.5) is 17.1 Å². The average molecular weight is 401 g/mol. The van der Waals surface area contributed by atoms with Crippen LogP contribution in [0.25, 0.3) is 16.9 Å². The minimum Gasteiger partial charge on any atom is -0.378 e. The van der Waals surface area contributed by atoms with E-state index in [1.807, 2.05) is 28.8 Å². The number of H-pyrrole nitrogens is 1. The maximum atomic E-state index is 11.7. The summed E-state index contributed by atoms with van der Waals surface area (Å²) in [7, 11) is 0. The van der Waals surface area contributed by atoms with Gasteiger partial charge in [-0.25, -0.2) is 4.98 Å². The van der Waals surface area contributed by atoms with Crippen molar-refractivity contribution in [2.24, 2.45) is 0 Å². The van der Waals surface area contributed by atoms with Gasteiger partial charge < -0.3 is 19.9 Å². The molecule has 152 valence electrons. The second-order valence-electron chi connectivity index (χ2n) is 7.42. The lowest BCUT2D eigenvalue weighted by Crippen LogP contribution is -2.36. The van der Waals surface area contributed by atoms with Gasteiger partial charge >= 0.3 is 0 Å². The van der Waals surface area contributed by atoms with Gasteiger partial charge in [-0.05, 0) is 48.9 Å². The minimum atomic E-state index is -0.126. The molecule has 0 bridgehead atoms. The first-order chi connectivity index (χ1) is 14.7. The SMILES string of the molecule is Cc1cc(Nc2ccc(-c3cc[nH]c(=O)c3)n3ccnc23)ccc1N1CCOCC1. The summed E-state index contributed by atoms with van der Waals surface area (Å²) in [6.45, 7) is 5.53. The Morgan fingerprint density at radius 3 is 2.77 bits per heavy atom. The highest BCUT2D eigenvalue weighted by atomic mass is 16.5. The monoisotopic (exact) mass is 401 g/mol. The average Bonchev–Trinajstić information content (AvgIpc) is 3.25. The van der Waals surface area contributed by atoms with Gasteiger partial charge in [0.2, 0.25) is 5.56 Å². The van der Waals surface area contributed by atoms with Crippen LogP contribution in [0.3, 0.4) is 0 Å². The number of anilines is 3. The Hall–Kier alpha value is -3.58. The molecule has 0 spiro atoms. The summed E-state index contributed by atoms with van der Waals surface area (Å²) in [5, 5.41) is 3.50. The lowest BCUT2D eigenvalue weighted by atomic mass is 10.1. The Morgan fingerprint density at radius 1 is 1.10 bits per heavy atom. The fourth-order valence-electron chi connectivity index (χ4n) is 4.00. The number of rotatable bonds is 4. The van der Waals surface area contributed by atoms with Crippen molar-refractivity contribution < 1.29 is 4.74 Å². The van der Waals surface area contributed by atoms with E-state index in [0.29, 0.717) is 0 Å². The Kier molecular flexibility index (Phi) is 4.72. The molecule has 7 nitrogen and oxygen atoms in total. The van der Waals surface area contributed by atoms with Crippen molar-refractivity contribution in [2.45, 2.75) is 6.92 Å². The fourth-order valence-corrected chi connectivity index (χ4v) is 4.00. The molecule has 0 saturated carbocycles. The predicted molar refractivity (Wildman–Crippen MR) is 119 cm³/mol. The number of hydrogen-bond donors (Lipinski definition) is 2. The lowest BCUT2D eigenvalue weighted by molar-refractivity contribution is 0.122. The first kappa shape index (κ1) is 18.4. The zero-order valence-electron chi connectivity index (χ0n) is 16.8. The summed E-state index contributed by atoms with van der Waals surface area (Å²) in [6, 6.07) is 13.9. The van der Waals surface area contributed by atoms with Gasteiger partial charge in [0.15, 0.2) is 5.65 Å². The van der Waals surface area contributed by atoms with Crippen LogP contribution < -0.4 is 15.8 Å². The fraction of sp³-hybridized carbons (Fsp3) is 0.217. The molecule has 0 atom stereocenters. The number of nitrogens with one attached hydrogen (secondary N) is 2. The van der Waals surface area contributed by atoms with Crippen LogP contribution in [0.2, 0.25) is 0 Å². The Balaban J connectivity index is 1.46. The number of pyridine rings is 2. The Bertz CT molecular complexity index is 1250. The van der Waals surface area contributed by atoms with Crippen LogP contribution in [0.15, 0.2) is 65.8 Å². The van der Waals surface area contributed by atoms with Gasteiger partial charge in [-0.15, -0.1) is 0 Å². The highest BCUT2D eigenvalue weighted by Gasteiger charge is 2.14. The van der Waals surface area contributed by atoms with Gasteiger partial charge in [-0.2, -0.15) is 0 Å². The van der Waals surface area contributed by atoms with Crippen molar-refractivity contribution in [3.05, 3.63) is 77.0 Å². The molecule has 1 fully saturated rings. The summed E-state index contributed by atoms with van der Waals surface area (Å²) < 4.78 is 7.45. The summed E-state index contributed by atoms with van der Waals surface area (Å²) in [5.74, 6) is 0. The topological polar surface area (TPSA) is 74.7 Å². The Labute approximate surface area is 174 Å². The molecular weight excluding hydrogens is 378 g/mol. The van der Waals surface area contributed by atoms with Crippen LogP contribution in [-0.4, -0.2) is 40.7 Å². The summed E-state index contributed by atoms with van der Waals surface area (Å²) in [4.78, 5) is 21.3. The third kappa shape index (κ3) is 3.44. The van der Waals surface area contributed by atoms with Crippen molar-refractivity contribution in [3.63, 3.8) is 0 Å². The maximum absolute atomic E-state index is 11.7. The van der Waals surface area contributed by atoms with Crippen molar-refractivity contribution >= 4 is 22.7 Å². The minimum absolute atomic E-state index is 0.126. The van der Waals surface area contributed by atoms with E-state index in [9.17, 15) is 4.79 Å². The maximum Gasteiger partial charge on any atom is 0.248 e. The first-order valence-electron chi connectivity index (χ1n) is 10.0. The number of aromatic amines is 1. The predicted octanol–water partition coefficient (Wildman–Crippen LogP) is 3.58. The highest BCUT2D eigenvalue weighted by Crippen LogP contribution is 2.29. The van der Waals surface area contributed by atoms with Crippen LogP contribution in [0.5, 0.6) is 0 Å². The smallest absolute Gasteiger partial charge is 0.248 e. The Morgan fingerprint density at radius 2 is 1.97 bits per heavy atom. The van der Waals surface area contributed by atoms with Gasteiger partial charge in [-0.3, -0.25) is 9.20 Å². The molecule has 5 rings (SSSR count). The number of aryl methyl sites for hydroxylation is 1. The largest absolute Gasteiger partial charge is 0.378 e. The van der Waals surface area contributed by atoms with E-state index >= 15 is 0 Å². The van der Waals surface area contributed by atoms with E-state index in [4.69, 9.17) is 4.74 Å². The number of hydrogen-bond acceptors (Lipinski definition) is 5. The third-order valence-corrected chi connectivity index (χ3v) is 5.45. The zero-order valence-corrected chi connectivity index (χ0v) is 16.8. The first-order valence-corrected chi connectivity index (χ1v) is 10.0. The van der Waals surface area contributed by atoms with Crippen LogP contribution in [0, 0.1) is 6.92 Å². The molecular formula is C23H23N5O2. The van der Waals surface area contributed by atoms with E-state index in [-0.39, 0.29) is 5.56 Å². The zero-order chi connectivity index (χ0) is 20.5. The molecule has 1 saturated heterocycles. The van der Waals surface area contributed by atoms with Crippen molar-refractivity contribution in [2.75, 3.05) is 36.5 Å². The number of morpholine rings is 1. The molecule has 4 heterocycles. The van der Waals surface area contributed by atoms with E-state index in [1.165, 1.54) is 11.3 Å². The molecule has 30 heavy (non-hydrogen) atoms. The molecule has 0 unspecified atom stereocenters. The van der Waals surface area contributed by atoms with Crippen LogP contribution in [0.1, 0.15) is 5.56 Å². The lowest BCUT2D eigenvalue weighted by Gasteiger charge is -2.30. The van der Waals surface area contributed by atoms with Gasteiger partial charge in [0.05, 0.1) is 24.6 Å². The van der Waals surface area contributed by atoms with Gasteiger partial charge in [0.1, 0.15) is 0 Å². The van der Waals surface area contributed by atoms with Gasteiger partial charge in [-0.1, -0.05) is 0 Å². The number of benzene rings is 1. The molecule has 0 radical (unpaired) electrons. The summed E-state index contributed by atoms with van der Waals surface area (Å²) in [6.07, 6.45) is 5.33. The number of fused-ring (bicyclic) bond motifs is 1. The molecule has 1 aromatic carbocycles. The van der Waals surface area contributed by atoms with Crippen molar-refractivity contribution in [1.82, 2.24) is 14.4 Å². The van der Waals surface area contributed by atoms with Crippen LogP contribution in [-0.2, 0) is 4.74 Å². The molecule has 3 aromatic heterocycles. The van der Waals surface area contributed by atoms with Gasteiger partial charge in [0, 0.05) is 54.7 Å². The van der Waals surface area contributed by atoms with E-state index in [2.05, 4.69) is 45.3 Å². The number of aromatic nitrogens is 3. The van der Waals surface area contributed by atoms with Crippen molar-refractivity contribution in [1.29, 1.82) is 0 Å². The number of ether oxygens (including phenoxy) is 1. The van der Waals surface area contributed by atoms with E-state index in [1.54, 1.807) is 18.5 Å². The molecule has 0 aliphatic carbocycles. The van der Waals surface area contributed by atoms with Crippen LogP contribution >= 0.6 is 0 Å². The molecule has 4 aromatic rings. The van der Waals surface area contributed by atoms with Gasteiger partial charge in [0.25, 0.3) is 0 Å². The standard InChI is InChI=1S/C23H23N5O2/c1-16-14-18(2-4-20(16)27-10-12-30-13-11-27)26-19-3-5-21(28-9-8-25-23(19)28)17-6-7-24-22(29)15-17/h2-9,14-15,26H,10-13H2,1H3,(H,24,29). The van der Waals surface area contributed by atoms with E-state index < -0.39 is 0 Å². The number of nitrogens with zero attached hydrogens (tertiary/aromatic N) is 3. The van der Waals surface area contributed by atoms with Crippen molar-refractivity contribution in [3.8, 4) is 11.3 Å². The normalized spacial score (nSPS) is 14.2. The molecule has 2 N–H and O–H groups in total. The second kappa shape index (κ2) is 7.68. The third-order valence-electron chi connectivity index (χ3n) is 5.45. The summed E-state index contributed by atoms with van der Waals surface area (Å²) >= 11 is 0. The highest BCUT2D eigenvalue weighted by molar-refractivity contribution is 5.78. The quantitative estimate of drug-likeness (QED) is 0.547. The molecule has 1 aliphatic rings. The summed E-state index contributed by atoms with van der Waals surface area (Å²) in [5.41, 5.74) is 6.84.